The molecule has 0 aromatic carbocycles. The van der Waals surface area contributed by atoms with Crippen LogP contribution in [-0.4, -0.2) is 0 Å². The van der Waals surface area contributed by atoms with E-state index in [-0.39, 0.29) is 0 Å². The molecule has 0 unspecified atom stereocenters. The van der Waals surface area contributed by atoms with Crippen LogP contribution in [0.5, 0.6) is 0 Å². The molecular formula is C33H56. The van der Waals surface area contributed by atoms with E-state index < -0.39 is 0 Å². The van der Waals surface area contributed by atoms with Gasteiger partial charge in [-0.1, -0.05) is 44.4 Å². The van der Waals surface area contributed by atoms with Gasteiger partial charge in [0.1, 0.15) is 0 Å². The number of hydrogen-bond acceptors (Lipinski definition) is 0. The van der Waals surface area contributed by atoms with Crippen LogP contribution < -0.4 is 0 Å². The highest BCUT2D eigenvalue weighted by molar-refractivity contribution is 4.91. The van der Waals surface area contributed by atoms with Gasteiger partial charge in [0.25, 0.3) is 0 Å². The van der Waals surface area contributed by atoms with Crippen molar-refractivity contribution < 1.29 is 0 Å². The van der Waals surface area contributed by atoms with Crippen molar-refractivity contribution in [2.45, 2.75) is 135 Å². The van der Waals surface area contributed by atoms with E-state index in [1.54, 1.807) is 25.7 Å². The second-order valence-electron chi connectivity index (χ2n) is 13.0. The quantitative estimate of drug-likeness (QED) is 0.305. The van der Waals surface area contributed by atoms with Crippen LogP contribution >= 0.6 is 0 Å². The van der Waals surface area contributed by atoms with Crippen LogP contribution in [0.4, 0.5) is 0 Å². The fourth-order valence-electron chi connectivity index (χ4n) is 8.57. The molecule has 4 saturated carbocycles. The Morgan fingerprint density at radius 1 is 0.455 bits per heavy atom. The minimum absolute atomic E-state index is 0.955. The maximum absolute atomic E-state index is 3.95. The number of allylic oxidation sites excluding steroid dienone is 3. The first-order valence-corrected chi connectivity index (χ1v) is 15.5. The predicted octanol–water partition coefficient (Wildman–Crippen LogP) is 10.5. The van der Waals surface area contributed by atoms with E-state index in [1.807, 2.05) is 0 Å². The van der Waals surface area contributed by atoms with Gasteiger partial charge >= 0.3 is 0 Å². The van der Waals surface area contributed by atoms with Crippen molar-refractivity contribution in [1.29, 1.82) is 0 Å². The van der Waals surface area contributed by atoms with Crippen LogP contribution in [0.25, 0.3) is 0 Å². The van der Waals surface area contributed by atoms with Crippen LogP contribution in [0.2, 0.25) is 0 Å². The topological polar surface area (TPSA) is 0 Å². The Labute approximate surface area is 207 Å². The highest BCUT2D eigenvalue weighted by Gasteiger charge is 2.31. The summed E-state index contributed by atoms with van der Waals surface area (Å²) in [5.74, 6) is 8.27. The van der Waals surface area contributed by atoms with Gasteiger partial charge in [0.15, 0.2) is 0 Å². The summed E-state index contributed by atoms with van der Waals surface area (Å²) >= 11 is 0. The van der Waals surface area contributed by atoms with Crippen molar-refractivity contribution in [2.24, 2.45) is 47.3 Å². The van der Waals surface area contributed by atoms with Crippen LogP contribution in [-0.2, 0) is 0 Å². The second kappa shape index (κ2) is 13.5. The summed E-state index contributed by atoms with van der Waals surface area (Å²) in [5, 5.41) is 0. The fourth-order valence-corrected chi connectivity index (χ4v) is 8.57. The number of hydrogen-bond donors (Lipinski definition) is 0. The van der Waals surface area contributed by atoms with Gasteiger partial charge in [-0.3, -0.25) is 0 Å². The van der Waals surface area contributed by atoms with Crippen molar-refractivity contribution in [3.05, 3.63) is 24.8 Å². The molecule has 0 saturated heterocycles. The Morgan fingerprint density at radius 2 is 0.758 bits per heavy atom. The molecule has 4 aliphatic carbocycles. The summed E-state index contributed by atoms with van der Waals surface area (Å²) in [6.07, 6.45) is 37.1. The molecule has 0 atom stereocenters. The lowest BCUT2D eigenvalue weighted by molar-refractivity contribution is 0.145. The van der Waals surface area contributed by atoms with Gasteiger partial charge in [0.2, 0.25) is 0 Å². The zero-order valence-corrected chi connectivity index (χ0v) is 22.2. The SMILES string of the molecule is C=CCC1CCC(C2CCC(CC=CCC3CCC(C4CCC(CC)CC4)CC3)CC2)CC1. The predicted molar refractivity (Wildman–Crippen MR) is 145 cm³/mol. The lowest BCUT2D eigenvalue weighted by Gasteiger charge is -2.38. The van der Waals surface area contributed by atoms with Crippen LogP contribution in [0.1, 0.15) is 135 Å². The molecule has 0 spiro atoms. The van der Waals surface area contributed by atoms with Gasteiger partial charge in [-0.05, 0) is 156 Å². The Hall–Kier alpha value is -0.520. The maximum Gasteiger partial charge on any atom is -0.0322 e. The lowest BCUT2D eigenvalue weighted by atomic mass is 9.68. The average molecular weight is 453 g/mol. The normalized spacial score (nSPS) is 40.6. The molecule has 0 aromatic heterocycles. The molecule has 0 aliphatic heterocycles. The summed E-state index contributed by atoms with van der Waals surface area (Å²) in [7, 11) is 0. The van der Waals surface area contributed by atoms with Gasteiger partial charge in [0.05, 0.1) is 0 Å². The van der Waals surface area contributed by atoms with Gasteiger partial charge in [-0.25, -0.2) is 0 Å². The molecule has 4 aliphatic rings. The maximum atomic E-state index is 3.95. The molecule has 0 N–H and O–H groups in total. The second-order valence-corrected chi connectivity index (χ2v) is 13.0. The summed E-state index contributed by atoms with van der Waals surface area (Å²) in [6.45, 7) is 6.34. The lowest BCUT2D eigenvalue weighted by Crippen LogP contribution is -2.25. The summed E-state index contributed by atoms with van der Waals surface area (Å²) in [5.41, 5.74) is 0. The first-order chi connectivity index (χ1) is 16.2. The van der Waals surface area contributed by atoms with Crippen molar-refractivity contribution >= 4 is 0 Å². The Balaban J connectivity index is 1.06. The molecule has 33 heavy (non-hydrogen) atoms. The standard InChI is InChI=1S/C33H56/c1-3-7-27-12-20-31(21-13-27)33-24-16-29(17-25-33)9-6-5-8-28-14-22-32(23-15-28)30-18-10-26(4-2)11-19-30/h3,5-6,26-33H,1,4,7-25H2,2H3. The van der Waals surface area contributed by atoms with Gasteiger partial charge in [-0.2, -0.15) is 0 Å². The minimum atomic E-state index is 0.955. The Bertz CT molecular complexity index is 555. The third-order valence-corrected chi connectivity index (χ3v) is 11.1. The zero-order chi connectivity index (χ0) is 22.9. The Kier molecular flexibility index (Phi) is 10.5. The first kappa shape index (κ1) is 25.6. The van der Waals surface area contributed by atoms with E-state index in [4.69, 9.17) is 0 Å². The van der Waals surface area contributed by atoms with E-state index in [0.29, 0.717) is 0 Å². The fraction of sp³-hybridized carbons (Fsp3) is 0.879. The average Bonchev–Trinajstić information content (AvgIpc) is 2.88. The van der Waals surface area contributed by atoms with Gasteiger partial charge in [-0.15, -0.1) is 6.58 Å². The highest BCUT2D eigenvalue weighted by Crippen LogP contribution is 2.44. The Morgan fingerprint density at radius 3 is 1.06 bits per heavy atom. The first-order valence-electron chi connectivity index (χ1n) is 15.5. The van der Waals surface area contributed by atoms with Crippen molar-refractivity contribution in [2.75, 3.05) is 0 Å². The molecule has 0 heteroatoms. The smallest absolute Gasteiger partial charge is 0.0322 e. The van der Waals surface area contributed by atoms with Crippen LogP contribution in [0.3, 0.4) is 0 Å². The molecule has 0 radical (unpaired) electrons. The third kappa shape index (κ3) is 7.73. The number of rotatable bonds is 9. The zero-order valence-electron chi connectivity index (χ0n) is 22.2. The van der Waals surface area contributed by atoms with Gasteiger partial charge in [0, 0.05) is 0 Å². The molecule has 4 rings (SSSR count). The molecule has 188 valence electrons. The van der Waals surface area contributed by atoms with E-state index in [2.05, 4.69) is 31.7 Å². The highest BCUT2D eigenvalue weighted by atomic mass is 14.4. The summed E-state index contributed by atoms with van der Waals surface area (Å²) in [4.78, 5) is 0. The van der Waals surface area contributed by atoms with Crippen LogP contribution in [0.15, 0.2) is 24.8 Å². The van der Waals surface area contributed by atoms with Crippen LogP contribution in [0, 0.1) is 47.3 Å². The summed E-state index contributed by atoms with van der Waals surface area (Å²) in [6, 6.07) is 0. The minimum Gasteiger partial charge on any atom is -0.103 e. The molecule has 4 fully saturated rings. The van der Waals surface area contributed by atoms with E-state index >= 15 is 0 Å². The molecule has 0 heterocycles. The molecular weight excluding hydrogens is 396 g/mol. The van der Waals surface area contributed by atoms with E-state index in [1.165, 1.54) is 103 Å². The van der Waals surface area contributed by atoms with Gasteiger partial charge < -0.3 is 0 Å². The van der Waals surface area contributed by atoms with Crippen molar-refractivity contribution in [3.8, 4) is 0 Å². The largest absolute Gasteiger partial charge is 0.103 e. The van der Waals surface area contributed by atoms with E-state index in [9.17, 15) is 0 Å². The molecule has 0 bridgehead atoms. The monoisotopic (exact) mass is 452 g/mol. The molecule has 0 amide bonds. The van der Waals surface area contributed by atoms with E-state index in [0.717, 1.165) is 47.3 Å². The van der Waals surface area contributed by atoms with Crippen molar-refractivity contribution in [1.82, 2.24) is 0 Å². The molecule has 0 aromatic rings. The third-order valence-electron chi connectivity index (χ3n) is 11.1. The molecule has 0 nitrogen and oxygen atoms in total. The van der Waals surface area contributed by atoms with Crippen molar-refractivity contribution in [3.63, 3.8) is 0 Å². The summed E-state index contributed by atoms with van der Waals surface area (Å²) < 4.78 is 0.